The first kappa shape index (κ1) is 17.8. The summed E-state index contributed by atoms with van der Waals surface area (Å²) in [5.41, 5.74) is 2.00. The second-order valence-corrected chi connectivity index (χ2v) is 9.55. The van der Waals surface area contributed by atoms with Gasteiger partial charge in [0.2, 0.25) is 0 Å². The minimum absolute atomic E-state index is 0.0627. The molecule has 4 aliphatic carbocycles. The zero-order valence-electron chi connectivity index (χ0n) is 16.4. The third-order valence-corrected chi connectivity index (χ3v) is 6.50. The van der Waals surface area contributed by atoms with E-state index in [1.54, 1.807) is 0 Å². The number of carbonyl (C=O) groups is 1. The molecule has 2 atom stereocenters. The van der Waals surface area contributed by atoms with E-state index in [4.69, 9.17) is 9.47 Å². The van der Waals surface area contributed by atoms with Crippen molar-refractivity contribution < 1.29 is 14.3 Å². The van der Waals surface area contributed by atoms with Gasteiger partial charge in [0.25, 0.3) is 0 Å². The molecule has 4 bridgehead atoms. The second kappa shape index (κ2) is 6.23. The molecule has 3 heteroatoms. The molecule has 4 saturated carbocycles. The van der Waals surface area contributed by atoms with Gasteiger partial charge in [-0.1, -0.05) is 18.2 Å². The molecular formula is C23H30O3. The standard InChI is InChI=1S/C23H30O3/c1-22(2,3)21(24)26-19-7-5-6-15(11-19)12-20-18-9-16-8-17(10-18)14-23(20,13-16)25-4/h5-7,11-12,16-18H,8-10,13-14H2,1-4H3. The molecule has 0 radical (unpaired) electrons. The molecule has 0 N–H and O–H groups in total. The molecule has 0 aromatic heterocycles. The van der Waals surface area contributed by atoms with Gasteiger partial charge in [-0.3, -0.25) is 4.79 Å². The van der Waals surface area contributed by atoms with Crippen molar-refractivity contribution in [3.05, 3.63) is 35.4 Å². The summed E-state index contributed by atoms with van der Waals surface area (Å²) in [5.74, 6) is 2.74. The predicted octanol–water partition coefficient (Wildman–Crippen LogP) is 5.25. The number of rotatable bonds is 3. The van der Waals surface area contributed by atoms with Crippen molar-refractivity contribution in [1.82, 2.24) is 0 Å². The Hall–Kier alpha value is -1.61. The Morgan fingerprint density at radius 1 is 1.15 bits per heavy atom. The Balaban J connectivity index is 1.62. The first-order valence-electron chi connectivity index (χ1n) is 9.89. The summed E-state index contributed by atoms with van der Waals surface area (Å²) in [6.45, 7) is 5.62. The molecule has 0 aliphatic heterocycles. The smallest absolute Gasteiger partial charge is 0.316 e. The quantitative estimate of drug-likeness (QED) is 0.549. The van der Waals surface area contributed by atoms with Crippen molar-refractivity contribution >= 4 is 12.0 Å². The second-order valence-electron chi connectivity index (χ2n) is 9.55. The zero-order valence-corrected chi connectivity index (χ0v) is 16.4. The van der Waals surface area contributed by atoms with Gasteiger partial charge in [-0.15, -0.1) is 0 Å². The Bertz CT molecular complexity index is 726. The summed E-state index contributed by atoms with van der Waals surface area (Å²) in [6.07, 6.45) is 8.66. The molecule has 140 valence electrons. The fraction of sp³-hybridized carbons (Fsp3) is 0.609. The Morgan fingerprint density at radius 2 is 1.85 bits per heavy atom. The highest BCUT2D eigenvalue weighted by molar-refractivity contribution is 5.78. The third-order valence-electron chi connectivity index (χ3n) is 6.50. The van der Waals surface area contributed by atoms with E-state index in [9.17, 15) is 4.79 Å². The van der Waals surface area contributed by atoms with E-state index in [1.807, 2.05) is 46.1 Å². The summed E-state index contributed by atoms with van der Waals surface area (Å²) in [4.78, 5) is 12.2. The molecular weight excluding hydrogens is 324 g/mol. The van der Waals surface area contributed by atoms with Crippen LogP contribution < -0.4 is 4.74 Å². The largest absolute Gasteiger partial charge is 0.426 e. The summed E-state index contributed by atoms with van der Waals surface area (Å²) in [6, 6.07) is 7.89. The third kappa shape index (κ3) is 3.11. The predicted molar refractivity (Wildman–Crippen MR) is 103 cm³/mol. The Morgan fingerprint density at radius 3 is 2.46 bits per heavy atom. The minimum atomic E-state index is -0.504. The molecule has 4 aliphatic rings. The van der Waals surface area contributed by atoms with Crippen LogP contribution in [0.5, 0.6) is 5.75 Å². The Labute approximate surface area is 156 Å². The molecule has 1 aromatic carbocycles. The van der Waals surface area contributed by atoms with Crippen LogP contribution in [0.3, 0.4) is 0 Å². The lowest BCUT2D eigenvalue weighted by molar-refractivity contribution is -0.143. The Kier molecular flexibility index (Phi) is 4.26. The van der Waals surface area contributed by atoms with Gasteiger partial charge in [-0.25, -0.2) is 0 Å². The van der Waals surface area contributed by atoms with E-state index < -0.39 is 5.41 Å². The van der Waals surface area contributed by atoms with Crippen LogP contribution in [-0.2, 0) is 9.53 Å². The number of carbonyl (C=O) groups excluding carboxylic acids is 1. The molecule has 0 spiro atoms. The van der Waals surface area contributed by atoms with Crippen LogP contribution in [0.15, 0.2) is 29.8 Å². The molecule has 3 nitrogen and oxygen atoms in total. The SMILES string of the molecule is COC12CC3CC(CC(C3)C1=Cc1cccc(OC(=O)C(C)(C)C)c1)C2. The number of hydrogen-bond acceptors (Lipinski definition) is 3. The van der Waals surface area contributed by atoms with Crippen molar-refractivity contribution in [2.75, 3.05) is 7.11 Å². The van der Waals surface area contributed by atoms with Gasteiger partial charge >= 0.3 is 5.97 Å². The van der Waals surface area contributed by atoms with Crippen LogP contribution in [0.2, 0.25) is 0 Å². The van der Waals surface area contributed by atoms with E-state index >= 15 is 0 Å². The van der Waals surface area contributed by atoms with E-state index in [0.717, 1.165) is 17.4 Å². The number of benzene rings is 1. The van der Waals surface area contributed by atoms with Gasteiger partial charge in [0.15, 0.2) is 0 Å². The lowest BCUT2D eigenvalue weighted by Gasteiger charge is -2.57. The summed E-state index contributed by atoms with van der Waals surface area (Å²) >= 11 is 0. The number of ether oxygens (including phenoxy) is 2. The van der Waals surface area contributed by atoms with Crippen molar-refractivity contribution in [1.29, 1.82) is 0 Å². The molecule has 0 saturated heterocycles. The fourth-order valence-corrected chi connectivity index (χ4v) is 5.42. The summed E-state index contributed by atoms with van der Waals surface area (Å²) < 4.78 is 11.7. The lowest BCUT2D eigenvalue weighted by Crippen LogP contribution is -2.53. The normalized spacial score (nSPS) is 34.3. The fourth-order valence-electron chi connectivity index (χ4n) is 5.42. The molecule has 2 unspecified atom stereocenters. The first-order valence-corrected chi connectivity index (χ1v) is 9.89. The summed E-state index contributed by atoms with van der Waals surface area (Å²) in [5, 5.41) is 0. The molecule has 26 heavy (non-hydrogen) atoms. The lowest BCUT2D eigenvalue weighted by atomic mass is 9.52. The van der Waals surface area contributed by atoms with Crippen molar-refractivity contribution in [2.45, 2.75) is 58.5 Å². The highest BCUT2D eigenvalue weighted by Gasteiger charge is 2.54. The molecule has 0 amide bonds. The minimum Gasteiger partial charge on any atom is -0.426 e. The van der Waals surface area contributed by atoms with Gasteiger partial charge in [0.05, 0.1) is 11.0 Å². The molecule has 0 heterocycles. The molecule has 5 rings (SSSR count). The van der Waals surface area contributed by atoms with Crippen molar-refractivity contribution in [2.24, 2.45) is 23.2 Å². The zero-order chi connectivity index (χ0) is 18.5. The number of esters is 1. The van der Waals surface area contributed by atoms with Crippen LogP contribution in [0, 0.1) is 23.2 Å². The van der Waals surface area contributed by atoms with Crippen LogP contribution in [0.4, 0.5) is 0 Å². The van der Waals surface area contributed by atoms with Crippen LogP contribution in [0.25, 0.3) is 6.08 Å². The average molecular weight is 354 g/mol. The molecule has 4 fully saturated rings. The van der Waals surface area contributed by atoms with Crippen LogP contribution in [0.1, 0.15) is 58.4 Å². The van der Waals surface area contributed by atoms with E-state index in [0.29, 0.717) is 11.7 Å². The monoisotopic (exact) mass is 354 g/mol. The highest BCUT2D eigenvalue weighted by atomic mass is 16.5. The maximum absolute atomic E-state index is 12.2. The van der Waals surface area contributed by atoms with Crippen LogP contribution >= 0.6 is 0 Å². The van der Waals surface area contributed by atoms with E-state index in [2.05, 4.69) is 12.1 Å². The van der Waals surface area contributed by atoms with Gasteiger partial charge in [-0.2, -0.15) is 0 Å². The topological polar surface area (TPSA) is 35.5 Å². The number of hydrogen-bond donors (Lipinski definition) is 0. The maximum Gasteiger partial charge on any atom is 0.316 e. The average Bonchev–Trinajstić information content (AvgIpc) is 2.57. The van der Waals surface area contributed by atoms with Gasteiger partial charge in [0, 0.05) is 7.11 Å². The van der Waals surface area contributed by atoms with Crippen molar-refractivity contribution in [3.8, 4) is 5.75 Å². The maximum atomic E-state index is 12.2. The highest BCUT2D eigenvalue weighted by Crippen LogP contribution is 2.59. The van der Waals surface area contributed by atoms with E-state index in [-0.39, 0.29) is 11.6 Å². The molecule has 1 aromatic rings. The number of methoxy groups -OCH3 is 1. The summed E-state index contributed by atoms with van der Waals surface area (Å²) in [7, 11) is 1.88. The van der Waals surface area contributed by atoms with Gasteiger partial charge < -0.3 is 9.47 Å². The first-order chi connectivity index (χ1) is 12.3. The van der Waals surface area contributed by atoms with Crippen LogP contribution in [-0.4, -0.2) is 18.7 Å². The van der Waals surface area contributed by atoms with Crippen molar-refractivity contribution in [3.63, 3.8) is 0 Å². The van der Waals surface area contributed by atoms with Gasteiger partial charge in [-0.05, 0) is 93.9 Å². The van der Waals surface area contributed by atoms with E-state index in [1.165, 1.54) is 37.7 Å². The van der Waals surface area contributed by atoms with Gasteiger partial charge in [0.1, 0.15) is 5.75 Å².